The number of nitrogens with one attached hydrogen (secondary N) is 2. The molecule has 0 unspecified atom stereocenters. The van der Waals surface area contributed by atoms with E-state index in [9.17, 15) is 8.42 Å². The summed E-state index contributed by atoms with van der Waals surface area (Å²) < 4.78 is 34.1. The van der Waals surface area contributed by atoms with E-state index in [-0.39, 0.29) is 6.04 Å². The molecule has 1 heterocycles. The Labute approximate surface area is 96.1 Å². The van der Waals surface area contributed by atoms with Gasteiger partial charge in [0.05, 0.1) is 5.54 Å². The SMILES string of the molecule is NCC1(NS(=O)(=O)NC2CC2)CCOCC1. The molecule has 0 aromatic heterocycles. The molecule has 6 nitrogen and oxygen atoms in total. The van der Waals surface area contributed by atoms with Crippen LogP contribution in [0.2, 0.25) is 0 Å². The molecular formula is C9H19N3O3S. The molecule has 0 aromatic carbocycles. The van der Waals surface area contributed by atoms with Gasteiger partial charge in [0.1, 0.15) is 0 Å². The second-order valence-corrected chi connectivity index (χ2v) is 6.04. The summed E-state index contributed by atoms with van der Waals surface area (Å²) in [7, 11) is -3.42. The van der Waals surface area contributed by atoms with Crippen molar-refractivity contribution >= 4 is 10.2 Å². The maximum atomic E-state index is 11.8. The van der Waals surface area contributed by atoms with Gasteiger partial charge in [-0.15, -0.1) is 0 Å². The molecule has 7 heteroatoms. The van der Waals surface area contributed by atoms with E-state index in [1.807, 2.05) is 0 Å². The average Bonchev–Trinajstić information content (AvgIpc) is 3.01. The first-order chi connectivity index (χ1) is 7.55. The van der Waals surface area contributed by atoms with Crippen LogP contribution in [0.1, 0.15) is 25.7 Å². The molecule has 0 aromatic rings. The van der Waals surface area contributed by atoms with Crippen molar-refractivity contribution in [2.24, 2.45) is 5.73 Å². The van der Waals surface area contributed by atoms with E-state index >= 15 is 0 Å². The summed E-state index contributed by atoms with van der Waals surface area (Å²) in [6.07, 6.45) is 3.13. The Morgan fingerprint density at radius 3 is 2.44 bits per heavy atom. The van der Waals surface area contributed by atoms with Gasteiger partial charge in [0, 0.05) is 25.8 Å². The van der Waals surface area contributed by atoms with Crippen LogP contribution in [0.4, 0.5) is 0 Å². The van der Waals surface area contributed by atoms with Crippen LogP contribution < -0.4 is 15.2 Å². The fourth-order valence-corrected chi connectivity index (χ4v) is 3.44. The van der Waals surface area contributed by atoms with Gasteiger partial charge in [-0.05, 0) is 25.7 Å². The summed E-state index contributed by atoms with van der Waals surface area (Å²) >= 11 is 0. The van der Waals surface area contributed by atoms with Gasteiger partial charge < -0.3 is 10.5 Å². The summed E-state index contributed by atoms with van der Waals surface area (Å²) in [4.78, 5) is 0. The molecule has 94 valence electrons. The normalized spacial score (nSPS) is 25.6. The smallest absolute Gasteiger partial charge is 0.277 e. The molecule has 2 aliphatic rings. The Kier molecular flexibility index (Phi) is 3.50. The van der Waals surface area contributed by atoms with Crippen LogP contribution in [0.15, 0.2) is 0 Å². The molecule has 16 heavy (non-hydrogen) atoms. The van der Waals surface area contributed by atoms with Crippen LogP contribution in [-0.4, -0.2) is 39.8 Å². The third kappa shape index (κ3) is 3.14. The van der Waals surface area contributed by atoms with Gasteiger partial charge in [-0.2, -0.15) is 17.9 Å². The van der Waals surface area contributed by atoms with E-state index < -0.39 is 15.7 Å². The largest absolute Gasteiger partial charge is 0.381 e. The van der Waals surface area contributed by atoms with Crippen molar-refractivity contribution in [3.8, 4) is 0 Å². The number of ether oxygens (including phenoxy) is 1. The monoisotopic (exact) mass is 249 g/mol. The van der Waals surface area contributed by atoms with Gasteiger partial charge in [0.25, 0.3) is 10.2 Å². The molecule has 1 saturated carbocycles. The van der Waals surface area contributed by atoms with Crippen molar-refractivity contribution in [1.82, 2.24) is 9.44 Å². The topological polar surface area (TPSA) is 93.5 Å². The van der Waals surface area contributed by atoms with Crippen LogP contribution >= 0.6 is 0 Å². The van der Waals surface area contributed by atoms with Crippen molar-refractivity contribution in [1.29, 1.82) is 0 Å². The lowest BCUT2D eigenvalue weighted by molar-refractivity contribution is 0.0500. The predicted octanol–water partition coefficient (Wildman–Crippen LogP) is -0.919. The molecule has 1 aliphatic heterocycles. The number of hydrogen-bond acceptors (Lipinski definition) is 4. The quantitative estimate of drug-likeness (QED) is 0.587. The van der Waals surface area contributed by atoms with Crippen LogP contribution in [0.5, 0.6) is 0 Å². The van der Waals surface area contributed by atoms with Crippen LogP contribution in [-0.2, 0) is 14.9 Å². The van der Waals surface area contributed by atoms with Crippen LogP contribution in [0, 0.1) is 0 Å². The highest BCUT2D eigenvalue weighted by Gasteiger charge is 2.37. The lowest BCUT2D eigenvalue weighted by Crippen LogP contribution is -2.59. The van der Waals surface area contributed by atoms with Gasteiger partial charge >= 0.3 is 0 Å². The maximum Gasteiger partial charge on any atom is 0.277 e. The highest BCUT2D eigenvalue weighted by Crippen LogP contribution is 2.23. The predicted molar refractivity (Wildman–Crippen MR) is 60.1 cm³/mol. The van der Waals surface area contributed by atoms with Gasteiger partial charge in [0.15, 0.2) is 0 Å². The molecule has 2 rings (SSSR count). The summed E-state index contributed by atoms with van der Waals surface area (Å²) in [6.45, 7) is 1.42. The molecule has 0 bridgehead atoms. The van der Waals surface area contributed by atoms with E-state index in [1.54, 1.807) is 0 Å². The zero-order chi connectivity index (χ0) is 11.6. The Morgan fingerprint density at radius 2 is 1.94 bits per heavy atom. The average molecular weight is 249 g/mol. The highest BCUT2D eigenvalue weighted by molar-refractivity contribution is 7.87. The Hall–Kier alpha value is -0.210. The standard InChI is InChI=1S/C9H19N3O3S/c10-7-9(3-5-15-6-4-9)12-16(13,14)11-8-1-2-8/h8,11-12H,1-7,10H2. The fourth-order valence-electron chi connectivity index (χ4n) is 1.85. The van der Waals surface area contributed by atoms with E-state index in [1.165, 1.54) is 0 Å². The van der Waals surface area contributed by atoms with E-state index in [0.29, 0.717) is 32.6 Å². The lowest BCUT2D eigenvalue weighted by atomic mass is 9.92. The van der Waals surface area contributed by atoms with E-state index in [2.05, 4.69) is 9.44 Å². The van der Waals surface area contributed by atoms with Crippen molar-refractivity contribution in [2.75, 3.05) is 19.8 Å². The van der Waals surface area contributed by atoms with Gasteiger partial charge in [0.2, 0.25) is 0 Å². The number of rotatable bonds is 5. The summed E-state index contributed by atoms with van der Waals surface area (Å²) in [5.74, 6) is 0. The van der Waals surface area contributed by atoms with Crippen molar-refractivity contribution in [3.63, 3.8) is 0 Å². The summed E-state index contributed by atoms with van der Waals surface area (Å²) in [5, 5.41) is 0. The molecule has 0 amide bonds. The molecule has 1 saturated heterocycles. The number of nitrogens with two attached hydrogens (primary N) is 1. The van der Waals surface area contributed by atoms with Crippen LogP contribution in [0.3, 0.4) is 0 Å². The Balaban J connectivity index is 1.98. The maximum absolute atomic E-state index is 11.8. The minimum absolute atomic E-state index is 0.118. The molecule has 2 fully saturated rings. The lowest BCUT2D eigenvalue weighted by Gasteiger charge is -2.36. The minimum atomic E-state index is -3.42. The Morgan fingerprint density at radius 1 is 1.31 bits per heavy atom. The first-order valence-corrected chi connectivity index (χ1v) is 7.13. The van der Waals surface area contributed by atoms with Gasteiger partial charge in [-0.3, -0.25) is 0 Å². The molecule has 0 atom stereocenters. The first-order valence-electron chi connectivity index (χ1n) is 5.64. The first kappa shape index (κ1) is 12.3. The third-order valence-corrected chi connectivity index (χ3v) is 4.44. The fraction of sp³-hybridized carbons (Fsp3) is 1.00. The molecular weight excluding hydrogens is 230 g/mol. The molecule has 0 radical (unpaired) electrons. The zero-order valence-electron chi connectivity index (χ0n) is 9.24. The van der Waals surface area contributed by atoms with Crippen molar-refractivity contribution in [2.45, 2.75) is 37.3 Å². The molecule has 4 N–H and O–H groups in total. The number of hydrogen-bond donors (Lipinski definition) is 3. The van der Waals surface area contributed by atoms with Gasteiger partial charge in [-0.1, -0.05) is 0 Å². The second kappa shape index (κ2) is 4.58. The van der Waals surface area contributed by atoms with Crippen LogP contribution in [0.25, 0.3) is 0 Å². The zero-order valence-corrected chi connectivity index (χ0v) is 10.1. The second-order valence-electron chi connectivity index (χ2n) is 4.59. The van der Waals surface area contributed by atoms with Crippen molar-refractivity contribution in [3.05, 3.63) is 0 Å². The van der Waals surface area contributed by atoms with Gasteiger partial charge in [-0.25, -0.2) is 0 Å². The van der Waals surface area contributed by atoms with Crippen molar-refractivity contribution < 1.29 is 13.2 Å². The molecule has 1 aliphatic carbocycles. The van der Waals surface area contributed by atoms with E-state index in [0.717, 1.165) is 12.8 Å². The minimum Gasteiger partial charge on any atom is -0.381 e. The highest BCUT2D eigenvalue weighted by atomic mass is 32.2. The summed E-state index contributed by atoms with van der Waals surface area (Å²) in [5.41, 5.74) is 5.15. The molecule has 0 spiro atoms. The van der Waals surface area contributed by atoms with E-state index in [4.69, 9.17) is 10.5 Å². The summed E-state index contributed by atoms with van der Waals surface area (Å²) in [6, 6.07) is 0.118. The third-order valence-electron chi connectivity index (χ3n) is 3.09. The Bertz CT molecular complexity index is 334.